The van der Waals surface area contributed by atoms with Crippen molar-refractivity contribution in [3.63, 3.8) is 0 Å². The summed E-state index contributed by atoms with van der Waals surface area (Å²) in [6.07, 6.45) is 2.54. The molecule has 2 aromatic rings. The zero-order chi connectivity index (χ0) is 24.7. The number of fused-ring (bicyclic) bond motifs is 1. The minimum absolute atomic E-state index is 0.00893. The topological polar surface area (TPSA) is 100 Å². The highest BCUT2D eigenvalue weighted by Crippen LogP contribution is 2.34. The Kier molecular flexibility index (Phi) is 6.49. The number of amides is 1. The van der Waals surface area contributed by atoms with E-state index >= 15 is 0 Å². The molecule has 10 nitrogen and oxygen atoms in total. The van der Waals surface area contributed by atoms with E-state index in [1.54, 1.807) is 4.90 Å². The second-order valence-electron chi connectivity index (χ2n) is 10.2. The smallest absolute Gasteiger partial charge is 0.345 e. The molecule has 5 rings (SSSR count). The lowest BCUT2D eigenvalue weighted by Gasteiger charge is -2.39. The van der Waals surface area contributed by atoms with Crippen molar-refractivity contribution in [3.05, 3.63) is 41.6 Å². The van der Waals surface area contributed by atoms with Gasteiger partial charge in [-0.1, -0.05) is 12.1 Å². The molecule has 3 saturated heterocycles. The van der Waals surface area contributed by atoms with Gasteiger partial charge in [0.25, 0.3) is 0 Å². The lowest BCUT2D eigenvalue weighted by molar-refractivity contribution is 0.0968. The molecular weight excluding hydrogens is 468 g/mol. The highest BCUT2D eigenvalue weighted by Gasteiger charge is 2.37. The Morgan fingerprint density at radius 2 is 1.89 bits per heavy atom. The molecule has 1 aromatic carbocycles. The summed E-state index contributed by atoms with van der Waals surface area (Å²) in [6, 6.07) is 8.00. The molecule has 0 radical (unpaired) electrons. The van der Waals surface area contributed by atoms with Crippen LogP contribution in [0, 0.1) is 18.8 Å². The molecule has 1 amide bonds. The molecule has 0 bridgehead atoms. The van der Waals surface area contributed by atoms with Gasteiger partial charge in [-0.05, 0) is 31.0 Å². The number of nitrogens with zero attached hydrogens (tertiary/aromatic N) is 5. The van der Waals surface area contributed by atoms with Crippen molar-refractivity contribution < 1.29 is 17.9 Å². The zero-order valence-corrected chi connectivity index (χ0v) is 21.4. The Bertz CT molecular complexity index is 1190. The van der Waals surface area contributed by atoms with Gasteiger partial charge >= 0.3 is 6.03 Å². The molecule has 2 unspecified atom stereocenters. The second kappa shape index (κ2) is 9.44. The number of hydrogen-bond donors (Lipinski definition) is 1. The first-order valence-corrected chi connectivity index (χ1v) is 14.0. The van der Waals surface area contributed by atoms with Gasteiger partial charge in [0, 0.05) is 75.1 Å². The van der Waals surface area contributed by atoms with Gasteiger partial charge in [-0.15, -0.1) is 5.10 Å². The van der Waals surface area contributed by atoms with E-state index < -0.39 is 10.0 Å². The van der Waals surface area contributed by atoms with Crippen LogP contribution in [0.4, 0.5) is 16.3 Å². The summed E-state index contributed by atoms with van der Waals surface area (Å²) >= 11 is 0. The maximum absolute atomic E-state index is 13.0. The monoisotopic (exact) mass is 502 g/mol. The number of carbonyl (C=O) groups is 1. The highest BCUT2D eigenvalue weighted by molar-refractivity contribution is 7.92. The molecule has 11 heteroatoms. The van der Waals surface area contributed by atoms with Crippen LogP contribution in [0.3, 0.4) is 0 Å². The van der Waals surface area contributed by atoms with Crippen LogP contribution in [0.5, 0.6) is 0 Å². The van der Waals surface area contributed by atoms with Crippen LogP contribution in [0.15, 0.2) is 30.5 Å². The second-order valence-corrected chi connectivity index (χ2v) is 11.9. The van der Waals surface area contributed by atoms with Crippen molar-refractivity contribution >= 4 is 27.6 Å². The molecule has 1 aromatic heterocycles. The number of piperazine rings is 1. The summed E-state index contributed by atoms with van der Waals surface area (Å²) in [5.74, 6) is 1.44. The number of sulfonamides is 1. The van der Waals surface area contributed by atoms with Crippen LogP contribution in [-0.2, 0) is 21.3 Å². The van der Waals surface area contributed by atoms with Gasteiger partial charge in [-0.2, -0.15) is 4.68 Å². The average molecular weight is 503 g/mol. The first-order chi connectivity index (χ1) is 16.7. The molecule has 0 saturated carbocycles. The molecular formula is C24H34N6O4S. The first-order valence-electron chi connectivity index (χ1n) is 12.2. The van der Waals surface area contributed by atoms with Gasteiger partial charge in [0.05, 0.1) is 19.5 Å². The predicted molar refractivity (Wildman–Crippen MR) is 134 cm³/mol. The fourth-order valence-corrected chi connectivity index (χ4v) is 5.99. The lowest BCUT2D eigenvalue weighted by atomic mass is 10.0. The molecule has 3 aliphatic heterocycles. The number of aryl methyl sites for hydroxylation is 1. The predicted octanol–water partition coefficient (Wildman–Crippen LogP) is 1.82. The Morgan fingerprint density at radius 1 is 1.14 bits per heavy atom. The summed E-state index contributed by atoms with van der Waals surface area (Å²) in [6.45, 7) is 11.1. The SMILES string of the molecule is Cc1ccc(CN2CCN(C(=O)n3ccc(NS(C)(=O)=O)n3)[C@@H](C)C2)cc1N1CC2COCC2C1. The van der Waals surface area contributed by atoms with Gasteiger partial charge in [0.1, 0.15) is 0 Å². The number of ether oxygens (including phenoxy) is 1. The molecule has 0 aliphatic carbocycles. The largest absolute Gasteiger partial charge is 0.381 e. The minimum Gasteiger partial charge on any atom is -0.381 e. The van der Waals surface area contributed by atoms with E-state index in [9.17, 15) is 13.2 Å². The number of rotatable bonds is 5. The number of nitrogens with one attached hydrogen (secondary N) is 1. The van der Waals surface area contributed by atoms with Crippen LogP contribution in [0.1, 0.15) is 18.1 Å². The normalized spacial score (nSPS) is 25.2. The Labute approximate surface area is 206 Å². The van der Waals surface area contributed by atoms with E-state index in [-0.39, 0.29) is 17.9 Å². The molecule has 35 heavy (non-hydrogen) atoms. The van der Waals surface area contributed by atoms with Gasteiger partial charge in [-0.3, -0.25) is 9.62 Å². The van der Waals surface area contributed by atoms with Gasteiger partial charge in [0.15, 0.2) is 5.82 Å². The van der Waals surface area contributed by atoms with Crippen LogP contribution < -0.4 is 9.62 Å². The first kappa shape index (κ1) is 24.1. The number of aromatic nitrogens is 2. The van der Waals surface area contributed by atoms with Gasteiger partial charge in [0.2, 0.25) is 10.0 Å². The van der Waals surface area contributed by atoms with E-state index in [1.807, 2.05) is 6.92 Å². The molecule has 3 fully saturated rings. The number of anilines is 2. The van der Waals surface area contributed by atoms with Crippen molar-refractivity contribution in [3.8, 4) is 0 Å². The van der Waals surface area contributed by atoms with E-state index in [2.05, 4.69) is 44.7 Å². The third-order valence-electron chi connectivity index (χ3n) is 7.29. The van der Waals surface area contributed by atoms with Crippen molar-refractivity contribution in [1.82, 2.24) is 19.6 Å². The van der Waals surface area contributed by atoms with Gasteiger partial charge in [-0.25, -0.2) is 13.2 Å². The molecule has 4 heterocycles. The zero-order valence-electron chi connectivity index (χ0n) is 20.6. The maximum atomic E-state index is 13.0. The van der Waals surface area contributed by atoms with E-state index in [0.717, 1.165) is 52.2 Å². The summed E-state index contributed by atoms with van der Waals surface area (Å²) < 4.78 is 32.0. The average Bonchev–Trinajstić information content (AvgIpc) is 3.50. The molecule has 3 aliphatic rings. The van der Waals surface area contributed by atoms with E-state index in [4.69, 9.17) is 4.74 Å². The van der Waals surface area contributed by atoms with E-state index in [0.29, 0.717) is 18.4 Å². The van der Waals surface area contributed by atoms with E-state index in [1.165, 1.54) is 33.8 Å². The van der Waals surface area contributed by atoms with Crippen LogP contribution >= 0.6 is 0 Å². The van der Waals surface area contributed by atoms with Crippen molar-refractivity contribution in [2.75, 3.05) is 61.8 Å². The van der Waals surface area contributed by atoms with Gasteiger partial charge < -0.3 is 14.5 Å². The standard InChI is InChI=1S/C24H34N6O4S/c1-17-4-5-19(10-22(17)28-13-20-15-34-16-21(20)14-28)12-27-8-9-29(18(2)11-27)24(31)30-7-6-23(25-30)26-35(3,32)33/h4-7,10,18,20-21H,8-9,11-16H2,1-3H3,(H,25,26)/t18-,20?,21?/m0/s1. The molecule has 3 atom stereocenters. The van der Waals surface area contributed by atoms with Crippen LogP contribution in [0.25, 0.3) is 0 Å². The summed E-state index contributed by atoms with van der Waals surface area (Å²) in [5, 5.41) is 4.08. The third kappa shape index (κ3) is 5.31. The number of carbonyl (C=O) groups excluding carboxylic acids is 1. The quantitative estimate of drug-likeness (QED) is 0.666. The van der Waals surface area contributed by atoms with Crippen molar-refractivity contribution in [2.45, 2.75) is 26.4 Å². The Hall–Kier alpha value is -2.63. The Morgan fingerprint density at radius 3 is 2.57 bits per heavy atom. The van der Waals surface area contributed by atoms with Crippen molar-refractivity contribution in [2.24, 2.45) is 11.8 Å². The van der Waals surface area contributed by atoms with Crippen molar-refractivity contribution in [1.29, 1.82) is 0 Å². The number of hydrogen-bond acceptors (Lipinski definition) is 7. The lowest BCUT2D eigenvalue weighted by Crippen LogP contribution is -2.54. The summed E-state index contributed by atoms with van der Waals surface area (Å²) in [4.78, 5) is 19.7. The van der Waals surface area contributed by atoms with Crippen LogP contribution in [0.2, 0.25) is 0 Å². The molecule has 0 spiro atoms. The molecule has 190 valence electrons. The molecule has 1 N–H and O–H groups in total. The summed E-state index contributed by atoms with van der Waals surface area (Å²) in [7, 11) is -3.44. The highest BCUT2D eigenvalue weighted by atomic mass is 32.2. The number of benzene rings is 1. The summed E-state index contributed by atoms with van der Waals surface area (Å²) in [5.41, 5.74) is 3.92. The Balaban J connectivity index is 1.20. The maximum Gasteiger partial charge on any atom is 0.345 e. The fraction of sp³-hybridized carbons (Fsp3) is 0.583. The fourth-order valence-electron chi connectivity index (χ4n) is 5.50. The third-order valence-corrected chi connectivity index (χ3v) is 7.87. The van der Waals surface area contributed by atoms with Crippen LogP contribution in [-0.4, -0.2) is 92.3 Å². The minimum atomic E-state index is -3.44.